The van der Waals surface area contributed by atoms with Crippen LogP contribution in [-0.2, 0) is 13.1 Å². The van der Waals surface area contributed by atoms with Crippen LogP contribution in [0.25, 0.3) is 22.0 Å². The Morgan fingerprint density at radius 3 is 2.66 bits per heavy atom. The lowest BCUT2D eigenvalue weighted by Gasteiger charge is -2.20. The number of amides is 1. The second-order valence-corrected chi connectivity index (χ2v) is 8.26. The number of aromatic amines is 1. The van der Waals surface area contributed by atoms with E-state index in [1.807, 2.05) is 63.9 Å². The van der Waals surface area contributed by atoms with Gasteiger partial charge in [-0.05, 0) is 49.5 Å². The van der Waals surface area contributed by atoms with E-state index in [1.165, 1.54) is 0 Å². The molecular formula is C25H29N5O2. The average molecular weight is 432 g/mol. The van der Waals surface area contributed by atoms with E-state index in [0.29, 0.717) is 12.2 Å². The minimum absolute atomic E-state index is 0.00682. The first-order chi connectivity index (χ1) is 15.5. The van der Waals surface area contributed by atoms with E-state index in [4.69, 9.17) is 4.74 Å². The third-order valence-electron chi connectivity index (χ3n) is 5.63. The number of hydrogen-bond donors (Lipinski definition) is 1. The molecule has 7 heteroatoms. The summed E-state index contributed by atoms with van der Waals surface area (Å²) in [4.78, 5) is 17.4. The fourth-order valence-corrected chi connectivity index (χ4v) is 3.87. The number of benzene rings is 2. The van der Waals surface area contributed by atoms with Crippen molar-refractivity contribution in [2.24, 2.45) is 0 Å². The van der Waals surface area contributed by atoms with Gasteiger partial charge < -0.3 is 19.1 Å². The Bertz CT molecular complexity index is 1210. The maximum Gasteiger partial charge on any atom is 0.270 e. The summed E-state index contributed by atoms with van der Waals surface area (Å²) in [5, 5.41) is 7.98. The van der Waals surface area contributed by atoms with Gasteiger partial charge in [-0.15, -0.1) is 0 Å². The molecule has 0 aliphatic rings. The summed E-state index contributed by atoms with van der Waals surface area (Å²) in [5.41, 5.74) is 4.85. The summed E-state index contributed by atoms with van der Waals surface area (Å²) in [6.45, 7) is 2.06. The van der Waals surface area contributed by atoms with Crippen LogP contribution in [0.4, 0.5) is 0 Å². The number of rotatable bonds is 8. The van der Waals surface area contributed by atoms with Crippen LogP contribution in [0.2, 0.25) is 0 Å². The highest BCUT2D eigenvalue weighted by molar-refractivity contribution is 5.99. The molecule has 0 radical (unpaired) electrons. The Kier molecular flexibility index (Phi) is 6.28. The van der Waals surface area contributed by atoms with Gasteiger partial charge in [-0.2, -0.15) is 5.10 Å². The molecule has 4 rings (SSSR count). The first kappa shape index (κ1) is 21.6. The lowest BCUT2D eigenvalue weighted by Crippen LogP contribution is -2.29. The fourth-order valence-electron chi connectivity index (χ4n) is 3.87. The maximum atomic E-state index is 13.5. The van der Waals surface area contributed by atoms with Gasteiger partial charge in [0.05, 0.1) is 13.3 Å². The van der Waals surface area contributed by atoms with Crippen molar-refractivity contribution in [2.45, 2.75) is 13.1 Å². The van der Waals surface area contributed by atoms with Gasteiger partial charge in [-0.3, -0.25) is 9.89 Å². The predicted octanol–water partition coefficient (Wildman–Crippen LogP) is 3.87. The number of fused-ring (bicyclic) bond motifs is 1. The van der Waals surface area contributed by atoms with Crippen LogP contribution in [0.5, 0.6) is 5.75 Å². The summed E-state index contributed by atoms with van der Waals surface area (Å²) in [6, 6.07) is 16.1. The van der Waals surface area contributed by atoms with Gasteiger partial charge >= 0.3 is 0 Å². The highest BCUT2D eigenvalue weighted by atomic mass is 16.5. The van der Waals surface area contributed by atoms with E-state index in [1.54, 1.807) is 12.0 Å². The van der Waals surface area contributed by atoms with Crippen molar-refractivity contribution in [1.29, 1.82) is 0 Å². The largest absolute Gasteiger partial charge is 0.497 e. The van der Waals surface area contributed by atoms with Crippen molar-refractivity contribution in [1.82, 2.24) is 24.6 Å². The molecule has 0 unspecified atom stereocenters. The molecule has 0 aliphatic carbocycles. The van der Waals surface area contributed by atoms with Crippen LogP contribution in [0.3, 0.4) is 0 Å². The Morgan fingerprint density at radius 1 is 1.09 bits per heavy atom. The lowest BCUT2D eigenvalue weighted by molar-refractivity contribution is 0.0774. The molecule has 1 amide bonds. The van der Waals surface area contributed by atoms with Crippen molar-refractivity contribution in [3.63, 3.8) is 0 Å². The van der Waals surface area contributed by atoms with Crippen LogP contribution >= 0.6 is 0 Å². The average Bonchev–Trinajstić information content (AvgIpc) is 3.45. The number of carbonyl (C=O) groups excluding carboxylic acids is 1. The fraction of sp³-hybridized carbons (Fsp3) is 0.280. The molecule has 0 saturated carbocycles. The van der Waals surface area contributed by atoms with Crippen molar-refractivity contribution in [2.75, 3.05) is 34.8 Å². The van der Waals surface area contributed by atoms with E-state index in [2.05, 4.69) is 37.9 Å². The van der Waals surface area contributed by atoms with Crippen LogP contribution in [0.1, 0.15) is 16.1 Å². The van der Waals surface area contributed by atoms with E-state index in [0.717, 1.165) is 46.4 Å². The van der Waals surface area contributed by atoms with Gasteiger partial charge in [0.1, 0.15) is 11.4 Å². The Labute approximate surface area is 188 Å². The smallest absolute Gasteiger partial charge is 0.270 e. The number of hydrogen-bond acceptors (Lipinski definition) is 4. The lowest BCUT2D eigenvalue weighted by atomic mass is 10.1. The third kappa shape index (κ3) is 4.53. The molecule has 166 valence electrons. The molecule has 0 spiro atoms. The van der Waals surface area contributed by atoms with E-state index >= 15 is 0 Å². The zero-order chi connectivity index (χ0) is 22.7. The Balaban J connectivity index is 1.69. The number of ether oxygens (including phenoxy) is 1. The highest BCUT2D eigenvalue weighted by Gasteiger charge is 2.20. The van der Waals surface area contributed by atoms with Gasteiger partial charge in [0.25, 0.3) is 5.91 Å². The molecule has 0 aliphatic heterocycles. The summed E-state index contributed by atoms with van der Waals surface area (Å²) < 4.78 is 7.45. The van der Waals surface area contributed by atoms with Gasteiger partial charge in [-0.1, -0.05) is 24.3 Å². The molecule has 0 bridgehead atoms. The molecule has 4 aromatic rings. The Morgan fingerprint density at radius 2 is 1.94 bits per heavy atom. The van der Waals surface area contributed by atoms with E-state index < -0.39 is 0 Å². The SMILES string of the molecule is COc1cccc(CN(C)C(=O)c2cc3ccc(-c4cn[nH]c4)cc3n2CCN(C)C)c1. The number of methoxy groups -OCH3 is 1. The van der Waals surface area contributed by atoms with Crippen molar-refractivity contribution >= 4 is 16.8 Å². The van der Waals surface area contributed by atoms with E-state index in [9.17, 15) is 4.79 Å². The minimum Gasteiger partial charge on any atom is -0.497 e. The molecular weight excluding hydrogens is 402 g/mol. The number of nitrogens with zero attached hydrogens (tertiary/aromatic N) is 4. The van der Waals surface area contributed by atoms with Crippen molar-refractivity contribution < 1.29 is 9.53 Å². The highest BCUT2D eigenvalue weighted by Crippen LogP contribution is 2.27. The second kappa shape index (κ2) is 9.28. The van der Waals surface area contributed by atoms with E-state index in [-0.39, 0.29) is 5.91 Å². The van der Waals surface area contributed by atoms with Crippen molar-refractivity contribution in [3.05, 3.63) is 72.2 Å². The number of H-pyrrole nitrogens is 1. The summed E-state index contributed by atoms with van der Waals surface area (Å²) in [6.07, 6.45) is 3.69. The first-order valence-corrected chi connectivity index (χ1v) is 10.6. The summed E-state index contributed by atoms with van der Waals surface area (Å²) in [5.74, 6) is 0.780. The molecule has 0 saturated heterocycles. The minimum atomic E-state index is -0.00682. The molecule has 2 heterocycles. The van der Waals surface area contributed by atoms with Gasteiger partial charge in [0, 0.05) is 49.3 Å². The normalized spacial score (nSPS) is 11.3. The van der Waals surface area contributed by atoms with Crippen molar-refractivity contribution in [3.8, 4) is 16.9 Å². The number of aromatic nitrogens is 3. The third-order valence-corrected chi connectivity index (χ3v) is 5.63. The number of carbonyl (C=O) groups is 1. The number of nitrogens with one attached hydrogen (secondary N) is 1. The monoisotopic (exact) mass is 431 g/mol. The molecule has 1 N–H and O–H groups in total. The first-order valence-electron chi connectivity index (χ1n) is 10.6. The Hall–Kier alpha value is -3.58. The molecule has 0 fully saturated rings. The molecule has 32 heavy (non-hydrogen) atoms. The van der Waals surface area contributed by atoms with Crippen LogP contribution < -0.4 is 4.74 Å². The quantitative estimate of drug-likeness (QED) is 0.460. The zero-order valence-electron chi connectivity index (χ0n) is 19.0. The van der Waals surface area contributed by atoms with Crippen LogP contribution in [-0.4, -0.2) is 65.3 Å². The van der Waals surface area contributed by atoms with Crippen LogP contribution in [0.15, 0.2) is 60.9 Å². The van der Waals surface area contributed by atoms with Crippen LogP contribution in [0, 0.1) is 0 Å². The van der Waals surface area contributed by atoms with Gasteiger partial charge in [-0.25, -0.2) is 0 Å². The summed E-state index contributed by atoms with van der Waals surface area (Å²) in [7, 11) is 7.57. The zero-order valence-corrected chi connectivity index (χ0v) is 19.0. The molecule has 7 nitrogen and oxygen atoms in total. The second-order valence-electron chi connectivity index (χ2n) is 8.26. The maximum absolute atomic E-state index is 13.5. The predicted molar refractivity (Wildman–Crippen MR) is 127 cm³/mol. The molecule has 2 aromatic carbocycles. The topological polar surface area (TPSA) is 66.4 Å². The molecule has 0 atom stereocenters. The molecule has 2 aromatic heterocycles. The van der Waals surface area contributed by atoms with Gasteiger partial charge in [0.15, 0.2) is 0 Å². The van der Waals surface area contributed by atoms with Gasteiger partial charge in [0.2, 0.25) is 0 Å². The standard InChI is InChI=1S/C25H29N5O2/c1-28(2)10-11-30-23-13-19(21-15-26-27-16-21)8-9-20(23)14-24(30)25(31)29(3)17-18-6-5-7-22(12-18)32-4/h5-9,12-16H,10-11,17H2,1-4H3,(H,26,27). The number of likely N-dealkylation sites (N-methyl/N-ethyl adjacent to an activating group) is 1. The summed E-state index contributed by atoms with van der Waals surface area (Å²) >= 11 is 0.